The monoisotopic (exact) mass is 907 g/mol. The highest BCUT2D eigenvalue weighted by Gasteiger charge is 2.62. The van der Waals surface area contributed by atoms with Crippen molar-refractivity contribution in [3.63, 3.8) is 0 Å². The van der Waals surface area contributed by atoms with E-state index in [4.69, 9.17) is 9.15 Å². The Kier molecular flexibility index (Phi) is 10.9. The zero-order valence-electron chi connectivity index (χ0n) is 33.3. The number of hydrogen-bond donors (Lipinski definition) is 4. The molecular weight excluding hydrogens is 868 g/mol. The van der Waals surface area contributed by atoms with Crippen LogP contribution in [-0.2, 0) is 30.6 Å². The molecule has 4 aliphatic rings. The topological polar surface area (TPSA) is 223 Å². The molecule has 5 atom stereocenters. The fourth-order valence-corrected chi connectivity index (χ4v) is 10.3. The van der Waals surface area contributed by atoms with Crippen molar-refractivity contribution in [2.45, 2.75) is 92.9 Å². The number of nitrogens with one attached hydrogen (secondary N) is 3. The Bertz CT molecular complexity index is 2770. The van der Waals surface area contributed by atoms with Gasteiger partial charge in [-0.3, -0.25) is 19.1 Å². The number of halogens is 3. The van der Waals surface area contributed by atoms with E-state index in [-0.39, 0.29) is 59.5 Å². The average Bonchev–Trinajstić information content (AvgIpc) is 4.07. The Morgan fingerprint density at radius 3 is 2.52 bits per heavy atom. The Morgan fingerprint density at radius 2 is 1.79 bits per heavy atom. The molecule has 2 saturated carbocycles. The summed E-state index contributed by atoms with van der Waals surface area (Å²) in [6.45, 7) is -0.187. The van der Waals surface area contributed by atoms with Gasteiger partial charge in [-0.05, 0) is 62.8 Å². The minimum Gasteiger partial charge on any atom is -0.476 e. The molecule has 3 fully saturated rings. The lowest BCUT2D eigenvalue weighted by Gasteiger charge is -2.29. The van der Waals surface area contributed by atoms with Gasteiger partial charge in [0.15, 0.2) is 16.6 Å². The molecule has 2 aliphatic heterocycles. The molecule has 0 spiro atoms. The van der Waals surface area contributed by atoms with Crippen molar-refractivity contribution in [2.24, 2.45) is 5.92 Å². The molecule has 0 radical (unpaired) electrons. The lowest BCUT2D eigenvalue weighted by Crippen LogP contribution is -2.57. The molecule has 0 unspecified atom stereocenters. The summed E-state index contributed by atoms with van der Waals surface area (Å²) in [4.78, 5) is 69.6. The number of carboxylic acids is 1. The van der Waals surface area contributed by atoms with Crippen LogP contribution in [0.5, 0.6) is 5.88 Å². The van der Waals surface area contributed by atoms with Crippen LogP contribution in [0.3, 0.4) is 0 Å². The lowest BCUT2D eigenvalue weighted by atomic mass is 10.1. The van der Waals surface area contributed by atoms with Gasteiger partial charge < -0.3 is 29.8 Å². The predicted molar refractivity (Wildman–Crippen MR) is 222 cm³/mol. The first-order valence-corrected chi connectivity index (χ1v) is 22.9. The third kappa shape index (κ3) is 8.54. The molecule has 2 aliphatic carbocycles. The van der Waals surface area contributed by atoms with Crippen molar-refractivity contribution in [1.82, 2.24) is 29.9 Å². The number of sulfonamides is 1. The van der Waals surface area contributed by atoms with E-state index in [1.807, 2.05) is 12.2 Å². The molecule has 3 aromatic heterocycles. The molecular formula is C42H40F3N7O9S2. The van der Waals surface area contributed by atoms with Crippen molar-refractivity contribution in [3.05, 3.63) is 77.3 Å². The number of ether oxygens (including phenoxy) is 1. The smallest absolute Gasteiger partial charge is 0.416 e. The van der Waals surface area contributed by atoms with Crippen LogP contribution in [0.15, 0.2) is 70.5 Å². The number of fused-ring (bicyclic) bond motifs is 5. The molecule has 9 rings (SSSR count). The van der Waals surface area contributed by atoms with Gasteiger partial charge in [0.05, 0.1) is 17.4 Å². The van der Waals surface area contributed by atoms with Gasteiger partial charge >= 0.3 is 12.1 Å². The maximum absolute atomic E-state index is 14.8. The van der Waals surface area contributed by atoms with Crippen molar-refractivity contribution < 1.29 is 55.0 Å². The van der Waals surface area contributed by atoms with E-state index in [9.17, 15) is 45.9 Å². The van der Waals surface area contributed by atoms with E-state index >= 15 is 0 Å². The summed E-state index contributed by atoms with van der Waals surface area (Å²) in [5, 5.41) is 16.8. The second-order valence-corrected chi connectivity index (χ2v) is 19.1. The predicted octanol–water partition coefficient (Wildman–Crippen LogP) is 6.05. The maximum Gasteiger partial charge on any atom is 0.416 e. The summed E-state index contributed by atoms with van der Waals surface area (Å²) in [6.07, 6.45) is 1.94. The number of anilines is 1. The summed E-state index contributed by atoms with van der Waals surface area (Å²) in [5.41, 5.74) is -1.60. The Hall–Kier alpha value is -6.09. The molecule has 1 saturated heterocycles. The molecule has 63 heavy (non-hydrogen) atoms. The number of benzene rings is 2. The highest BCUT2D eigenvalue weighted by atomic mass is 32.2. The summed E-state index contributed by atoms with van der Waals surface area (Å²) in [7, 11) is -3.98. The van der Waals surface area contributed by atoms with Gasteiger partial charge in [-0.1, -0.05) is 49.3 Å². The second-order valence-electron chi connectivity index (χ2n) is 16.2. The number of carboxylic acid groups (broad SMARTS) is 1. The first kappa shape index (κ1) is 42.2. The van der Waals surface area contributed by atoms with Crippen molar-refractivity contribution in [3.8, 4) is 17.3 Å². The first-order valence-electron chi connectivity index (χ1n) is 20.4. The van der Waals surface area contributed by atoms with Crippen LogP contribution in [0.25, 0.3) is 33.5 Å². The second kappa shape index (κ2) is 16.2. The number of aromatic nitrogens is 3. The number of allylic oxidation sites excluding steroid dienone is 1. The number of carbonyl (C=O) groups excluding carboxylic acids is 3. The number of amides is 3. The molecule has 5 heterocycles. The largest absolute Gasteiger partial charge is 0.476 e. The fraction of sp³-hybridized carbons (Fsp3) is 0.405. The van der Waals surface area contributed by atoms with Crippen LogP contribution in [0.4, 0.5) is 18.3 Å². The molecule has 21 heteroatoms. The van der Waals surface area contributed by atoms with Gasteiger partial charge in [0.25, 0.3) is 11.8 Å². The third-order valence-corrected chi connectivity index (χ3v) is 14.4. The number of rotatable bonds is 9. The van der Waals surface area contributed by atoms with Crippen LogP contribution in [0.1, 0.15) is 73.8 Å². The summed E-state index contributed by atoms with van der Waals surface area (Å²) in [6, 6.07) is 9.02. The highest BCUT2D eigenvalue weighted by Crippen LogP contribution is 2.46. The van der Waals surface area contributed by atoms with Gasteiger partial charge in [0.2, 0.25) is 27.4 Å². The molecule has 330 valence electrons. The average molecular weight is 908 g/mol. The molecule has 0 bridgehead atoms. The van der Waals surface area contributed by atoms with E-state index in [0.717, 1.165) is 29.9 Å². The minimum absolute atomic E-state index is 0.0230. The number of furan rings is 1. The number of thiazole rings is 1. The van der Waals surface area contributed by atoms with Gasteiger partial charge in [0, 0.05) is 28.7 Å². The zero-order valence-corrected chi connectivity index (χ0v) is 34.9. The van der Waals surface area contributed by atoms with Gasteiger partial charge in [-0.25, -0.2) is 23.2 Å². The van der Waals surface area contributed by atoms with Crippen LogP contribution in [0, 0.1) is 5.92 Å². The van der Waals surface area contributed by atoms with Gasteiger partial charge in [-0.2, -0.15) is 18.2 Å². The van der Waals surface area contributed by atoms with E-state index in [1.54, 1.807) is 24.3 Å². The number of nitrogens with zero attached hydrogens (tertiary/aromatic N) is 4. The molecule has 4 N–H and O–H groups in total. The number of aromatic carboxylic acids is 1. The van der Waals surface area contributed by atoms with Crippen LogP contribution >= 0.6 is 11.3 Å². The lowest BCUT2D eigenvalue weighted by molar-refractivity contribution is -0.140. The minimum atomic E-state index is -4.58. The van der Waals surface area contributed by atoms with Gasteiger partial charge in [0.1, 0.15) is 34.8 Å². The zero-order chi connectivity index (χ0) is 44.3. The Labute approximate surface area is 361 Å². The Morgan fingerprint density at radius 1 is 1.02 bits per heavy atom. The standard InChI is InChI=1S/C42H40F3N7O9S2/c43-42(44,45)23-14-12-22(13-15-23)34-48-32-27-9-6-7-11-31(27)61-33(32)36(49-34)60-25-18-30-35(53)50-41(39(57)51-63(58,59)26-16-17-26)19-24(41)8-4-2-1-3-5-10-28(37(54)52(30)20-25)46-40-47-29(21-62-40)38(55)56/h4,6-9,11-15,21,24-26,28,30H,1-3,5,10,16-20H2,(H,46,47)(H,50,53)(H,51,57)(H,55,56)/b8-4-/t24-,25-,28+,30+,41-/m1/s1. The number of carbonyl (C=O) groups is 4. The molecule has 3 amide bonds. The van der Waals surface area contributed by atoms with Crippen molar-refractivity contribution >= 4 is 72.3 Å². The highest BCUT2D eigenvalue weighted by molar-refractivity contribution is 7.91. The van der Waals surface area contributed by atoms with Crippen LogP contribution in [-0.4, -0.2) is 92.6 Å². The fourth-order valence-electron chi connectivity index (χ4n) is 8.18. The van der Waals surface area contributed by atoms with E-state index in [1.165, 1.54) is 22.4 Å². The van der Waals surface area contributed by atoms with Gasteiger partial charge in [-0.15, -0.1) is 11.3 Å². The van der Waals surface area contributed by atoms with E-state index in [2.05, 4.69) is 30.3 Å². The Balaban J connectivity index is 1.07. The molecule has 5 aromatic rings. The number of alkyl halides is 3. The maximum atomic E-state index is 14.8. The normalized spacial score (nSPS) is 25.0. The summed E-state index contributed by atoms with van der Waals surface area (Å²) < 4.78 is 81.2. The molecule has 16 nitrogen and oxygen atoms in total. The third-order valence-electron chi connectivity index (χ3n) is 11.8. The van der Waals surface area contributed by atoms with Crippen LogP contribution in [0.2, 0.25) is 0 Å². The van der Waals surface area contributed by atoms with E-state index < -0.39 is 80.3 Å². The quantitative estimate of drug-likeness (QED) is 0.124. The molecule has 2 aromatic carbocycles. The summed E-state index contributed by atoms with van der Waals surface area (Å²) in [5.74, 6) is -3.98. The first-order chi connectivity index (χ1) is 30.1. The van der Waals surface area contributed by atoms with Crippen LogP contribution < -0.4 is 20.1 Å². The van der Waals surface area contributed by atoms with E-state index in [0.29, 0.717) is 48.6 Å². The summed E-state index contributed by atoms with van der Waals surface area (Å²) >= 11 is 1.00. The SMILES string of the molecule is O=C(O)c1csc(N[C@H]2CCCCC/C=C\[C@@H]3C[C@@]3(C(=O)NS(=O)(=O)C3CC3)NC(=O)[C@@H]3C[C@@H](Oc4nc(-c5ccc(C(F)(F)F)cc5)nc5c4oc4ccccc45)CN3C2=O)n1. The van der Waals surface area contributed by atoms with Crippen molar-refractivity contribution in [2.75, 3.05) is 11.9 Å². The number of para-hydroxylation sites is 1. The number of hydrogen-bond acceptors (Lipinski definition) is 13. The van der Waals surface area contributed by atoms with Crippen molar-refractivity contribution in [1.29, 1.82) is 0 Å².